The van der Waals surface area contributed by atoms with Gasteiger partial charge in [-0.2, -0.15) is 0 Å². The number of rotatable bonds is 7. The third-order valence-corrected chi connectivity index (χ3v) is 4.65. The molecule has 0 fully saturated rings. The number of hydrogen-bond donors (Lipinski definition) is 2. The minimum absolute atomic E-state index is 0.0991. The second-order valence-corrected chi connectivity index (χ2v) is 6.76. The van der Waals surface area contributed by atoms with Gasteiger partial charge in [0.1, 0.15) is 29.4 Å². The summed E-state index contributed by atoms with van der Waals surface area (Å²) in [6.45, 7) is 1.80. The van der Waals surface area contributed by atoms with E-state index < -0.39 is 0 Å². The van der Waals surface area contributed by atoms with Gasteiger partial charge in [0, 0.05) is 23.6 Å². The van der Waals surface area contributed by atoms with E-state index in [1.807, 2.05) is 60.7 Å². The standard InChI is InChI=1S/C24H22N4O3/c1-3-23(29)28-21-13-19-20(14-22(21)30-2)25-15-26-24(19)27-16-9-11-18(12-10-16)31-17-7-5-4-6-8-17/h4-15H,3H2,1-2H3,(H,28,29)(H,25,26,27). The van der Waals surface area contributed by atoms with Gasteiger partial charge in [0.25, 0.3) is 0 Å². The summed E-state index contributed by atoms with van der Waals surface area (Å²) in [4.78, 5) is 20.6. The zero-order valence-electron chi connectivity index (χ0n) is 17.3. The Morgan fingerprint density at radius 2 is 1.71 bits per heavy atom. The Kier molecular flexibility index (Phi) is 5.93. The number of carbonyl (C=O) groups excluding carboxylic acids is 1. The molecule has 3 aromatic carbocycles. The molecular weight excluding hydrogens is 392 g/mol. The number of anilines is 3. The topological polar surface area (TPSA) is 85.4 Å². The highest BCUT2D eigenvalue weighted by Gasteiger charge is 2.12. The van der Waals surface area contributed by atoms with Crippen LogP contribution < -0.4 is 20.1 Å². The average molecular weight is 414 g/mol. The lowest BCUT2D eigenvalue weighted by Gasteiger charge is -2.14. The lowest BCUT2D eigenvalue weighted by atomic mass is 10.1. The van der Waals surface area contributed by atoms with E-state index in [0.29, 0.717) is 29.2 Å². The minimum atomic E-state index is -0.0991. The van der Waals surface area contributed by atoms with Crippen LogP contribution in [-0.4, -0.2) is 23.0 Å². The Morgan fingerprint density at radius 1 is 0.968 bits per heavy atom. The van der Waals surface area contributed by atoms with Crippen molar-refractivity contribution in [2.45, 2.75) is 13.3 Å². The van der Waals surface area contributed by atoms with Gasteiger partial charge in [-0.25, -0.2) is 9.97 Å². The highest BCUT2D eigenvalue weighted by atomic mass is 16.5. The van der Waals surface area contributed by atoms with E-state index in [1.54, 1.807) is 20.1 Å². The molecule has 0 atom stereocenters. The van der Waals surface area contributed by atoms with E-state index in [2.05, 4.69) is 20.6 Å². The molecule has 0 saturated heterocycles. The largest absolute Gasteiger partial charge is 0.494 e. The SMILES string of the molecule is CCC(=O)Nc1cc2c(Nc3ccc(Oc4ccccc4)cc3)ncnc2cc1OC. The van der Waals surface area contributed by atoms with Gasteiger partial charge in [0.05, 0.1) is 18.3 Å². The minimum Gasteiger partial charge on any atom is -0.494 e. The average Bonchev–Trinajstić information content (AvgIpc) is 2.81. The van der Waals surface area contributed by atoms with Crippen LogP contribution in [-0.2, 0) is 4.79 Å². The van der Waals surface area contributed by atoms with Gasteiger partial charge in [0.15, 0.2) is 0 Å². The molecule has 1 heterocycles. The summed E-state index contributed by atoms with van der Waals surface area (Å²) < 4.78 is 11.2. The summed E-state index contributed by atoms with van der Waals surface area (Å²) in [6.07, 6.45) is 1.86. The van der Waals surface area contributed by atoms with Crippen LogP contribution >= 0.6 is 0 Å². The maximum absolute atomic E-state index is 11.9. The van der Waals surface area contributed by atoms with Gasteiger partial charge in [-0.15, -0.1) is 0 Å². The summed E-state index contributed by atoms with van der Waals surface area (Å²) in [5.74, 6) is 2.58. The van der Waals surface area contributed by atoms with Crippen molar-refractivity contribution < 1.29 is 14.3 Å². The normalized spacial score (nSPS) is 10.5. The van der Waals surface area contributed by atoms with E-state index in [4.69, 9.17) is 9.47 Å². The molecule has 0 bridgehead atoms. The van der Waals surface area contributed by atoms with Crippen LogP contribution in [0.4, 0.5) is 17.2 Å². The van der Waals surface area contributed by atoms with Crippen LogP contribution in [0.3, 0.4) is 0 Å². The molecule has 0 radical (unpaired) electrons. The molecular formula is C24H22N4O3. The first-order valence-corrected chi connectivity index (χ1v) is 9.89. The Balaban J connectivity index is 1.60. The molecule has 0 aliphatic carbocycles. The zero-order chi connectivity index (χ0) is 21.6. The van der Waals surface area contributed by atoms with E-state index in [1.165, 1.54) is 6.33 Å². The van der Waals surface area contributed by atoms with Crippen molar-refractivity contribution in [2.24, 2.45) is 0 Å². The van der Waals surface area contributed by atoms with Crippen LogP contribution in [0.1, 0.15) is 13.3 Å². The van der Waals surface area contributed by atoms with E-state index in [-0.39, 0.29) is 5.91 Å². The molecule has 7 nitrogen and oxygen atoms in total. The number of hydrogen-bond acceptors (Lipinski definition) is 6. The molecule has 156 valence electrons. The first-order valence-electron chi connectivity index (χ1n) is 9.89. The Labute approximate surface area is 180 Å². The number of nitrogens with zero attached hydrogens (tertiary/aromatic N) is 2. The number of methoxy groups -OCH3 is 1. The molecule has 0 aliphatic heterocycles. The number of carbonyl (C=O) groups is 1. The summed E-state index contributed by atoms with van der Waals surface area (Å²) in [7, 11) is 1.56. The van der Waals surface area contributed by atoms with Gasteiger partial charge in [0.2, 0.25) is 5.91 Å². The van der Waals surface area contributed by atoms with Crippen LogP contribution in [0, 0.1) is 0 Å². The maximum Gasteiger partial charge on any atom is 0.224 e. The van der Waals surface area contributed by atoms with Gasteiger partial charge < -0.3 is 20.1 Å². The number of fused-ring (bicyclic) bond motifs is 1. The van der Waals surface area contributed by atoms with E-state index in [0.717, 1.165) is 22.6 Å². The molecule has 0 unspecified atom stereocenters. The number of nitrogens with one attached hydrogen (secondary N) is 2. The first kappa shape index (κ1) is 20.2. The summed E-state index contributed by atoms with van der Waals surface area (Å²) >= 11 is 0. The van der Waals surface area contributed by atoms with Crippen molar-refractivity contribution in [3.05, 3.63) is 73.1 Å². The number of aromatic nitrogens is 2. The van der Waals surface area contributed by atoms with Crippen molar-refractivity contribution in [3.63, 3.8) is 0 Å². The predicted molar refractivity (Wildman–Crippen MR) is 121 cm³/mol. The van der Waals surface area contributed by atoms with Crippen LogP contribution in [0.15, 0.2) is 73.1 Å². The highest BCUT2D eigenvalue weighted by molar-refractivity contribution is 5.99. The summed E-state index contributed by atoms with van der Waals surface area (Å²) in [5, 5.41) is 6.93. The van der Waals surface area contributed by atoms with Crippen molar-refractivity contribution in [2.75, 3.05) is 17.7 Å². The predicted octanol–water partition coefficient (Wildman–Crippen LogP) is 5.52. The van der Waals surface area contributed by atoms with Crippen LogP contribution in [0.5, 0.6) is 17.2 Å². The molecule has 1 aromatic heterocycles. The molecule has 1 amide bonds. The second-order valence-electron chi connectivity index (χ2n) is 6.76. The van der Waals surface area contributed by atoms with Gasteiger partial charge in [-0.3, -0.25) is 4.79 Å². The maximum atomic E-state index is 11.9. The van der Waals surface area contributed by atoms with Crippen molar-refractivity contribution >= 4 is 34.0 Å². The number of para-hydroxylation sites is 1. The van der Waals surface area contributed by atoms with Crippen molar-refractivity contribution in [1.82, 2.24) is 9.97 Å². The molecule has 4 rings (SSSR count). The van der Waals surface area contributed by atoms with Gasteiger partial charge >= 0.3 is 0 Å². The zero-order valence-corrected chi connectivity index (χ0v) is 17.3. The van der Waals surface area contributed by atoms with Gasteiger partial charge in [-0.05, 0) is 42.5 Å². The van der Waals surface area contributed by atoms with E-state index in [9.17, 15) is 4.79 Å². The quantitative estimate of drug-likeness (QED) is 0.414. The number of benzene rings is 3. The van der Waals surface area contributed by atoms with Gasteiger partial charge in [-0.1, -0.05) is 25.1 Å². The Morgan fingerprint density at radius 3 is 2.42 bits per heavy atom. The first-order chi connectivity index (χ1) is 15.2. The van der Waals surface area contributed by atoms with Crippen LogP contribution in [0.2, 0.25) is 0 Å². The lowest BCUT2D eigenvalue weighted by molar-refractivity contribution is -0.115. The molecule has 0 aliphatic rings. The van der Waals surface area contributed by atoms with Crippen molar-refractivity contribution in [1.29, 1.82) is 0 Å². The number of ether oxygens (including phenoxy) is 2. The molecule has 0 spiro atoms. The fourth-order valence-corrected chi connectivity index (χ4v) is 3.06. The molecule has 7 heteroatoms. The van der Waals surface area contributed by atoms with Crippen LogP contribution in [0.25, 0.3) is 10.9 Å². The van der Waals surface area contributed by atoms with E-state index >= 15 is 0 Å². The van der Waals surface area contributed by atoms with Crippen molar-refractivity contribution in [3.8, 4) is 17.2 Å². The fraction of sp³-hybridized carbons (Fsp3) is 0.125. The summed E-state index contributed by atoms with van der Waals surface area (Å²) in [6, 6.07) is 20.8. The third-order valence-electron chi connectivity index (χ3n) is 4.65. The smallest absolute Gasteiger partial charge is 0.224 e. The number of amides is 1. The second kappa shape index (κ2) is 9.13. The highest BCUT2D eigenvalue weighted by Crippen LogP contribution is 2.33. The third kappa shape index (κ3) is 4.72. The summed E-state index contributed by atoms with van der Waals surface area (Å²) in [5.41, 5.74) is 2.12. The molecule has 4 aromatic rings. The molecule has 2 N–H and O–H groups in total. The fourth-order valence-electron chi connectivity index (χ4n) is 3.06. The Hall–Kier alpha value is -4.13. The Bertz CT molecular complexity index is 1190. The monoisotopic (exact) mass is 414 g/mol. The molecule has 0 saturated carbocycles. The lowest BCUT2D eigenvalue weighted by Crippen LogP contribution is -2.10. The molecule has 31 heavy (non-hydrogen) atoms.